The van der Waals surface area contributed by atoms with Crippen LogP contribution in [-0.2, 0) is 17.6 Å². The first-order valence-electron chi connectivity index (χ1n) is 11.4. The molecule has 1 saturated heterocycles. The van der Waals surface area contributed by atoms with Crippen LogP contribution in [0.2, 0.25) is 5.02 Å². The summed E-state index contributed by atoms with van der Waals surface area (Å²) in [6, 6.07) is 17.0. The molecule has 4 rings (SSSR count). The van der Waals surface area contributed by atoms with E-state index in [1.165, 1.54) is 16.7 Å². The molecule has 1 atom stereocenters. The van der Waals surface area contributed by atoms with Crippen molar-refractivity contribution in [2.24, 2.45) is 11.8 Å². The molecule has 1 fully saturated rings. The zero-order valence-corrected chi connectivity index (χ0v) is 18.9. The summed E-state index contributed by atoms with van der Waals surface area (Å²) in [5, 5.41) is 0.791. The number of halogens is 1. The summed E-state index contributed by atoms with van der Waals surface area (Å²) in [7, 11) is 0. The Morgan fingerprint density at radius 3 is 2.50 bits per heavy atom. The van der Waals surface area contributed by atoms with E-state index in [2.05, 4.69) is 66.1 Å². The van der Waals surface area contributed by atoms with Crippen molar-refractivity contribution in [3.05, 3.63) is 70.2 Å². The van der Waals surface area contributed by atoms with Crippen molar-refractivity contribution >= 4 is 17.5 Å². The van der Waals surface area contributed by atoms with Crippen molar-refractivity contribution in [1.29, 1.82) is 0 Å². The number of nitrogens with zero attached hydrogens (tertiary/aromatic N) is 2. The van der Waals surface area contributed by atoms with E-state index in [1.54, 1.807) is 0 Å². The van der Waals surface area contributed by atoms with Gasteiger partial charge in [-0.3, -0.25) is 4.79 Å². The number of carbonyl (C=O) groups is 1. The topological polar surface area (TPSA) is 23.6 Å². The lowest BCUT2D eigenvalue weighted by Crippen LogP contribution is -2.47. The summed E-state index contributed by atoms with van der Waals surface area (Å²) in [6.45, 7) is 8.38. The Hall–Kier alpha value is -1.84. The van der Waals surface area contributed by atoms with Crippen molar-refractivity contribution in [2.45, 2.75) is 45.6 Å². The Labute approximate surface area is 186 Å². The van der Waals surface area contributed by atoms with Crippen molar-refractivity contribution in [3.63, 3.8) is 0 Å². The number of amides is 1. The van der Waals surface area contributed by atoms with Gasteiger partial charge in [-0.2, -0.15) is 0 Å². The summed E-state index contributed by atoms with van der Waals surface area (Å²) in [5.41, 5.74) is 3.98. The van der Waals surface area contributed by atoms with Crippen LogP contribution in [0.4, 0.5) is 0 Å². The van der Waals surface area contributed by atoms with Crippen LogP contribution in [0.3, 0.4) is 0 Å². The third-order valence-corrected chi connectivity index (χ3v) is 7.03. The maximum Gasteiger partial charge on any atom is 0.226 e. The summed E-state index contributed by atoms with van der Waals surface area (Å²) >= 11 is 6.22. The number of hydrogen-bond donors (Lipinski definition) is 0. The number of hydrogen-bond acceptors (Lipinski definition) is 2. The number of piperidine rings is 1. The molecule has 2 aromatic rings. The fraction of sp³-hybridized carbons (Fsp3) is 0.500. The molecule has 2 aliphatic heterocycles. The monoisotopic (exact) mass is 424 g/mol. The molecule has 2 heterocycles. The Morgan fingerprint density at radius 1 is 1.07 bits per heavy atom. The normalized spacial score (nSPS) is 20.4. The van der Waals surface area contributed by atoms with Crippen molar-refractivity contribution in [2.75, 3.05) is 26.2 Å². The molecule has 160 valence electrons. The highest BCUT2D eigenvalue weighted by molar-refractivity contribution is 6.30. The van der Waals surface area contributed by atoms with Crippen LogP contribution in [0.1, 0.15) is 49.4 Å². The summed E-state index contributed by atoms with van der Waals surface area (Å²) < 4.78 is 0. The number of carbonyl (C=O) groups excluding carboxylic acids is 1. The predicted octanol–water partition coefficient (Wildman–Crippen LogP) is 5.38. The highest BCUT2D eigenvalue weighted by atomic mass is 35.5. The van der Waals surface area contributed by atoms with E-state index in [-0.39, 0.29) is 12.0 Å². The first-order chi connectivity index (χ1) is 14.5. The smallest absolute Gasteiger partial charge is 0.226 e. The third-order valence-electron chi connectivity index (χ3n) is 6.79. The van der Waals surface area contributed by atoms with Gasteiger partial charge in [0.1, 0.15) is 0 Å². The number of fused-ring (bicyclic) bond motifs is 1. The van der Waals surface area contributed by atoms with Crippen LogP contribution in [-0.4, -0.2) is 41.9 Å². The van der Waals surface area contributed by atoms with Gasteiger partial charge in [0.25, 0.3) is 0 Å². The Balaban J connectivity index is 1.37. The van der Waals surface area contributed by atoms with Gasteiger partial charge in [0.2, 0.25) is 5.91 Å². The molecule has 3 nitrogen and oxygen atoms in total. The maximum atomic E-state index is 13.5. The van der Waals surface area contributed by atoms with Crippen LogP contribution in [0, 0.1) is 11.8 Å². The molecule has 2 aromatic carbocycles. The van der Waals surface area contributed by atoms with E-state index in [0.717, 1.165) is 56.9 Å². The van der Waals surface area contributed by atoms with Crippen LogP contribution in [0.15, 0.2) is 48.5 Å². The molecular weight excluding hydrogens is 392 g/mol. The first-order valence-corrected chi connectivity index (χ1v) is 11.8. The highest BCUT2D eigenvalue weighted by Gasteiger charge is 2.36. The van der Waals surface area contributed by atoms with Gasteiger partial charge in [0.05, 0.1) is 6.04 Å². The zero-order chi connectivity index (χ0) is 21.1. The second-order valence-electron chi connectivity index (χ2n) is 9.17. The quantitative estimate of drug-likeness (QED) is 0.643. The van der Waals surface area contributed by atoms with Crippen LogP contribution in [0.25, 0.3) is 0 Å². The standard InChI is InChI=1S/C26H33ClN2O/c1-19(2)25-24-9-8-23(27)18-22(24)13-17-29(25)26(30)21-11-15-28(16-12-21)14-10-20-6-4-3-5-7-20/h3-9,18-19,21,25H,10-17H2,1-2H3. The lowest BCUT2D eigenvalue weighted by atomic mass is 9.84. The zero-order valence-electron chi connectivity index (χ0n) is 18.2. The average Bonchev–Trinajstić information content (AvgIpc) is 2.77. The van der Waals surface area contributed by atoms with Crippen LogP contribution < -0.4 is 0 Å². The predicted molar refractivity (Wildman–Crippen MR) is 124 cm³/mol. The molecule has 0 aromatic heterocycles. The summed E-state index contributed by atoms with van der Waals surface area (Å²) in [5.74, 6) is 0.908. The number of benzene rings is 2. The molecular formula is C26H33ClN2O. The van der Waals surface area contributed by atoms with Crippen molar-refractivity contribution < 1.29 is 4.79 Å². The largest absolute Gasteiger partial charge is 0.335 e. The van der Waals surface area contributed by atoms with E-state index in [9.17, 15) is 4.79 Å². The molecule has 0 N–H and O–H groups in total. The molecule has 0 aliphatic carbocycles. The van der Waals surface area contributed by atoms with Crippen molar-refractivity contribution in [1.82, 2.24) is 9.80 Å². The third kappa shape index (κ3) is 4.73. The van der Waals surface area contributed by atoms with Gasteiger partial charge in [0, 0.05) is 24.0 Å². The van der Waals surface area contributed by atoms with Crippen LogP contribution >= 0.6 is 11.6 Å². The molecule has 4 heteroatoms. The minimum atomic E-state index is 0.160. The molecule has 1 amide bonds. The second-order valence-corrected chi connectivity index (χ2v) is 9.60. The van der Waals surface area contributed by atoms with Gasteiger partial charge in [-0.05, 0) is 73.5 Å². The Bertz CT molecular complexity index is 859. The Kier molecular flexibility index (Phi) is 6.80. The van der Waals surface area contributed by atoms with Gasteiger partial charge in [0.15, 0.2) is 0 Å². The van der Waals surface area contributed by atoms with Crippen LogP contribution in [0.5, 0.6) is 0 Å². The minimum Gasteiger partial charge on any atom is -0.335 e. The molecule has 30 heavy (non-hydrogen) atoms. The molecule has 0 radical (unpaired) electrons. The minimum absolute atomic E-state index is 0.160. The van der Waals surface area contributed by atoms with Gasteiger partial charge in [-0.25, -0.2) is 0 Å². The molecule has 0 saturated carbocycles. The maximum absolute atomic E-state index is 13.5. The average molecular weight is 425 g/mol. The number of rotatable bonds is 5. The summed E-state index contributed by atoms with van der Waals surface area (Å²) in [6.07, 6.45) is 3.94. The van der Waals surface area contributed by atoms with Crippen molar-refractivity contribution in [3.8, 4) is 0 Å². The fourth-order valence-electron chi connectivity index (χ4n) is 5.16. The molecule has 0 spiro atoms. The van der Waals surface area contributed by atoms with Gasteiger partial charge in [-0.1, -0.05) is 61.8 Å². The molecule has 1 unspecified atom stereocenters. The second kappa shape index (κ2) is 9.53. The first kappa shape index (κ1) is 21.4. The van der Waals surface area contributed by atoms with Gasteiger partial charge in [-0.15, -0.1) is 0 Å². The van der Waals surface area contributed by atoms with E-state index in [4.69, 9.17) is 11.6 Å². The molecule has 2 aliphatic rings. The lowest BCUT2D eigenvalue weighted by molar-refractivity contribution is -0.141. The fourth-order valence-corrected chi connectivity index (χ4v) is 5.36. The van der Waals surface area contributed by atoms with Gasteiger partial charge >= 0.3 is 0 Å². The lowest BCUT2D eigenvalue weighted by Gasteiger charge is -2.42. The number of likely N-dealkylation sites (tertiary alicyclic amines) is 1. The SMILES string of the molecule is CC(C)C1c2ccc(Cl)cc2CCN1C(=O)C1CCN(CCc2ccccc2)CC1. The van der Waals surface area contributed by atoms with E-state index in [0.29, 0.717) is 11.8 Å². The van der Waals surface area contributed by atoms with E-state index >= 15 is 0 Å². The Morgan fingerprint density at radius 2 is 1.80 bits per heavy atom. The van der Waals surface area contributed by atoms with E-state index in [1.807, 2.05) is 6.07 Å². The molecule has 0 bridgehead atoms. The van der Waals surface area contributed by atoms with E-state index < -0.39 is 0 Å². The highest BCUT2D eigenvalue weighted by Crippen LogP contribution is 2.38. The van der Waals surface area contributed by atoms with Gasteiger partial charge < -0.3 is 9.80 Å². The summed E-state index contributed by atoms with van der Waals surface area (Å²) in [4.78, 5) is 18.2.